The number of β-amino-alcohol motifs (C(OH)–C–C–N with tert-alkyl or cyclic N) is 1. The SMILES string of the molecule is COC(=O)c1[nH]ncc1CN1CCC(O)(CN(C)C)C1. The first-order chi connectivity index (χ1) is 9.43. The van der Waals surface area contributed by atoms with Crippen molar-refractivity contribution in [3.63, 3.8) is 0 Å². The third-order valence-electron chi connectivity index (χ3n) is 3.52. The molecule has 1 unspecified atom stereocenters. The molecule has 0 amide bonds. The van der Waals surface area contributed by atoms with Crippen LogP contribution in [-0.2, 0) is 11.3 Å². The number of aliphatic hydroxyl groups is 1. The smallest absolute Gasteiger partial charge is 0.356 e. The van der Waals surface area contributed by atoms with Gasteiger partial charge in [-0.05, 0) is 20.5 Å². The highest BCUT2D eigenvalue weighted by atomic mass is 16.5. The number of hydrogen-bond acceptors (Lipinski definition) is 6. The van der Waals surface area contributed by atoms with Crippen molar-refractivity contribution in [3.8, 4) is 0 Å². The van der Waals surface area contributed by atoms with Gasteiger partial charge in [-0.25, -0.2) is 4.79 Å². The lowest BCUT2D eigenvalue weighted by molar-refractivity contribution is 0.0240. The summed E-state index contributed by atoms with van der Waals surface area (Å²) in [5.41, 5.74) is 0.500. The minimum absolute atomic E-state index is 0.385. The summed E-state index contributed by atoms with van der Waals surface area (Å²) in [5, 5.41) is 17.0. The summed E-state index contributed by atoms with van der Waals surface area (Å²) in [5.74, 6) is -0.416. The van der Waals surface area contributed by atoms with Gasteiger partial charge in [-0.1, -0.05) is 0 Å². The molecule has 7 nitrogen and oxygen atoms in total. The molecule has 7 heteroatoms. The standard InChI is InChI=1S/C13H22N4O3/c1-16(2)8-13(19)4-5-17(9-13)7-10-6-14-15-11(10)12(18)20-3/h6,19H,4-5,7-9H2,1-3H3,(H,14,15). The number of nitrogens with zero attached hydrogens (tertiary/aromatic N) is 3. The predicted molar refractivity (Wildman–Crippen MR) is 73.3 cm³/mol. The zero-order chi connectivity index (χ0) is 14.8. The zero-order valence-corrected chi connectivity index (χ0v) is 12.2. The van der Waals surface area contributed by atoms with Crippen molar-refractivity contribution in [1.29, 1.82) is 0 Å². The van der Waals surface area contributed by atoms with Gasteiger partial charge in [-0.15, -0.1) is 0 Å². The van der Waals surface area contributed by atoms with Crippen LogP contribution in [-0.4, -0.2) is 77.5 Å². The van der Waals surface area contributed by atoms with E-state index in [-0.39, 0.29) is 0 Å². The van der Waals surface area contributed by atoms with E-state index in [1.54, 1.807) is 6.20 Å². The third kappa shape index (κ3) is 3.36. The molecule has 1 aromatic rings. The van der Waals surface area contributed by atoms with E-state index >= 15 is 0 Å². The first-order valence-corrected chi connectivity index (χ1v) is 6.63. The molecule has 1 aromatic heterocycles. The Morgan fingerprint density at radius 2 is 2.40 bits per heavy atom. The van der Waals surface area contributed by atoms with Gasteiger partial charge in [-0.3, -0.25) is 10.00 Å². The van der Waals surface area contributed by atoms with Crippen LogP contribution in [0.25, 0.3) is 0 Å². The fraction of sp³-hybridized carbons (Fsp3) is 0.692. The Morgan fingerprint density at radius 1 is 1.65 bits per heavy atom. The Balaban J connectivity index is 1.99. The number of H-pyrrole nitrogens is 1. The summed E-state index contributed by atoms with van der Waals surface area (Å²) in [6, 6.07) is 0. The molecule has 1 aliphatic rings. The minimum Gasteiger partial charge on any atom is -0.464 e. The number of methoxy groups -OCH3 is 1. The summed E-state index contributed by atoms with van der Waals surface area (Å²) in [6.45, 7) is 2.61. The monoisotopic (exact) mass is 282 g/mol. The van der Waals surface area contributed by atoms with Crippen LogP contribution in [0.3, 0.4) is 0 Å². The van der Waals surface area contributed by atoms with Gasteiger partial charge in [-0.2, -0.15) is 5.10 Å². The molecular weight excluding hydrogens is 260 g/mol. The average Bonchev–Trinajstić information content (AvgIpc) is 2.95. The highest BCUT2D eigenvalue weighted by molar-refractivity contribution is 5.88. The maximum atomic E-state index is 11.6. The second-order valence-electron chi connectivity index (χ2n) is 5.68. The lowest BCUT2D eigenvalue weighted by Crippen LogP contribution is -2.42. The molecule has 0 aliphatic carbocycles. The average molecular weight is 282 g/mol. The number of likely N-dealkylation sites (N-methyl/N-ethyl adjacent to an activating group) is 1. The number of aromatic amines is 1. The Kier molecular flexibility index (Phi) is 4.42. The van der Waals surface area contributed by atoms with Crippen LogP contribution in [0.5, 0.6) is 0 Å². The number of carbonyl (C=O) groups excluding carboxylic acids is 1. The van der Waals surface area contributed by atoms with E-state index in [0.717, 1.165) is 18.5 Å². The van der Waals surface area contributed by atoms with Crippen molar-refractivity contribution in [3.05, 3.63) is 17.5 Å². The molecule has 1 atom stereocenters. The zero-order valence-electron chi connectivity index (χ0n) is 12.2. The van der Waals surface area contributed by atoms with Gasteiger partial charge in [0, 0.05) is 31.7 Å². The van der Waals surface area contributed by atoms with E-state index in [2.05, 4.69) is 15.1 Å². The molecule has 0 bridgehead atoms. The van der Waals surface area contributed by atoms with E-state index in [4.69, 9.17) is 4.74 Å². The first-order valence-electron chi connectivity index (χ1n) is 6.63. The van der Waals surface area contributed by atoms with Crippen molar-refractivity contribution in [2.75, 3.05) is 40.8 Å². The quantitative estimate of drug-likeness (QED) is 0.721. The Hall–Kier alpha value is -1.44. The molecular formula is C13H22N4O3. The fourth-order valence-corrected chi connectivity index (χ4v) is 2.74. The topological polar surface area (TPSA) is 81.7 Å². The minimum atomic E-state index is -0.682. The van der Waals surface area contributed by atoms with Crippen LogP contribution in [0, 0.1) is 0 Å². The van der Waals surface area contributed by atoms with Crippen molar-refractivity contribution in [2.45, 2.75) is 18.6 Å². The number of aromatic nitrogens is 2. The van der Waals surface area contributed by atoms with Gasteiger partial charge in [0.15, 0.2) is 0 Å². The van der Waals surface area contributed by atoms with E-state index < -0.39 is 11.6 Å². The largest absolute Gasteiger partial charge is 0.464 e. The van der Waals surface area contributed by atoms with Crippen molar-refractivity contribution >= 4 is 5.97 Å². The first kappa shape index (κ1) is 15.0. The number of ether oxygens (including phenoxy) is 1. The normalized spacial score (nSPS) is 23.4. The van der Waals surface area contributed by atoms with E-state index in [9.17, 15) is 9.90 Å². The van der Waals surface area contributed by atoms with Crippen LogP contribution in [0.2, 0.25) is 0 Å². The summed E-state index contributed by atoms with van der Waals surface area (Å²) >= 11 is 0. The Labute approximate surface area is 118 Å². The predicted octanol–water partition coefficient (Wildman–Crippen LogP) is -0.305. The summed E-state index contributed by atoms with van der Waals surface area (Å²) in [4.78, 5) is 15.7. The van der Waals surface area contributed by atoms with Gasteiger partial charge in [0.2, 0.25) is 0 Å². The highest BCUT2D eigenvalue weighted by Gasteiger charge is 2.36. The molecule has 1 aliphatic heterocycles. The van der Waals surface area contributed by atoms with Gasteiger partial charge < -0.3 is 14.7 Å². The summed E-state index contributed by atoms with van der Waals surface area (Å²) in [7, 11) is 5.25. The molecule has 2 rings (SSSR count). The number of likely N-dealkylation sites (tertiary alicyclic amines) is 1. The molecule has 0 spiro atoms. The third-order valence-corrected chi connectivity index (χ3v) is 3.52. The van der Waals surface area contributed by atoms with Gasteiger partial charge in [0.05, 0.1) is 18.9 Å². The maximum absolute atomic E-state index is 11.6. The van der Waals surface area contributed by atoms with Crippen LogP contribution < -0.4 is 0 Å². The van der Waals surface area contributed by atoms with Crippen LogP contribution >= 0.6 is 0 Å². The molecule has 1 fully saturated rings. The van der Waals surface area contributed by atoms with Gasteiger partial charge >= 0.3 is 5.97 Å². The van der Waals surface area contributed by atoms with E-state index in [1.165, 1.54) is 7.11 Å². The van der Waals surface area contributed by atoms with Crippen LogP contribution in [0.1, 0.15) is 22.5 Å². The van der Waals surface area contributed by atoms with E-state index in [1.807, 2.05) is 19.0 Å². The Bertz CT molecular complexity index is 474. The Morgan fingerprint density at radius 3 is 3.05 bits per heavy atom. The highest BCUT2D eigenvalue weighted by Crippen LogP contribution is 2.24. The van der Waals surface area contributed by atoms with Crippen molar-refractivity contribution in [2.24, 2.45) is 0 Å². The molecule has 112 valence electrons. The maximum Gasteiger partial charge on any atom is 0.356 e. The second-order valence-corrected chi connectivity index (χ2v) is 5.68. The fourth-order valence-electron chi connectivity index (χ4n) is 2.74. The van der Waals surface area contributed by atoms with Crippen molar-refractivity contribution < 1.29 is 14.6 Å². The molecule has 0 saturated carbocycles. The molecule has 2 N–H and O–H groups in total. The summed E-state index contributed by atoms with van der Waals surface area (Å²) < 4.78 is 4.71. The molecule has 2 heterocycles. The van der Waals surface area contributed by atoms with Gasteiger partial charge in [0.25, 0.3) is 0 Å². The lowest BCUT2D eigenvalue weighted by Gasteiger charge is -2.26. The number of esters is 1. The number of hydrogen-bond donors (Lipinski definition) is 2. The number of nitrogens with one attached hydrogen (secondary N) is 1. The van der Waals surface area contributed by atoms with Gasteiger partial charge in [0.1, 0.15) is 5.69 Å². The van der Waals surface area contributed by atoms with Crippen LogP contribution in [0.4, 0.5) is 0 Å². The molecule has 0 aromatic carbocycles. The molecule has 1 saturated heterocycles. The molecule has 20 heavy (non-hydrogen) atoms. The lowest BCUT2D eigenvalue weighted by atomic mass is 10.0. The summed E-state index contributed by atoms with van der Waals surface area (Å²) in [6.07, 6.45) is 2.37. The number of rotatable bonds is 5. The van der Waals surface area contributed by atoms with Crippen LogP contribution in [0.15, 0.2) is 6.20 Å². The molecule has 0 radical (unpaired) electrons. The van der Waals surface area contributed by atoms with E-state index in [0.29, 0.717) is 25.3 Å². The second kappa shape index (κ2) is 5.90. The number of carbonyl (C=O) groups is 1. The van der Waals surface area contributed by atoms with Crippen molar-refractivity contribution in [1.82, 2.24) is 20.0 Å².